The summed E-state index contributed by atoms with van der Waals surface area (Å²) in [4.78, 5) is 12.0. The second-order valence-corrected chi connectivity index (χ2v) is 7.90. The molecule has 0 atom stereocenters. The van der Waals surface area contributed by atoms with Crippen LogP contribution in [0.3, 0.4) is 0 Å². The van der Waals surface area contributed by atoms with E-state index in [2.05, 4.69) is 50.5 Å². The van der Waals surface area contributed by atoms with E-state index in [0.717, 1.165) is 38.2 Å². The Balaban J connectivity index is 0.00000288. The highest BCUT2D eigenvalue weighted by Gasteiger charge is 2.26. The molecule has 1 aromatic rings. The van der Waals surface area contributed by atoms with Gasteiger partial charge in [-0.25, -0.2) is 0 Å². The molecule has 4 nitrogen and oxygen atoms in total. The van der Waals surface area contributed by atoms with Crippen LogP contribution in [-0.2, 0) is 10.2 Å². The van der Waals surface area contributed by atoms with E-state index < -0.39 is 0 Å². The lowest BCUT2D eigenvalue weighted by molar-refractivity contribution is -0.123. The number of hydrogen-bond donors (Lipinski definition) is 2. The topological polar surface area (TPSA) is 50.4 Å². The van der Waals surface area contributed by atoms with E-state index in [9.17, 15) is 4.79 Å². The highest BCUT2D eigenvalue weighted by atomic mass is 35.5. The number of piperidine rings is 1. The summed E-state index contributed by atoms with van der Waals surface area (Å²) < 4.78 is 5.58. The second kappa shape index (κ2) is 8.72. The number of carbonyl (C=O) groups excluding carboxylic acids is 1. The van der Waals surface area contributed by atoms with Gasteiger partial charge in [0.05, 0.1) is 0 Å². The van der Waals surface area contributed by atoms with Gasteiger partial charge in [-0.05, 0) is 54.5 Å². The van der Waals surface area contributed by atoms with Crippen molar-refractivity contribution in [2.24, 2.45) is 5.41 Å². The lowest BCUT2D eigenvalue weighted by atomic mass is 9.81. The second-order valence-electron chi connectivity index (χ2n) is 7.90. The normalized spacial score (nSPS) is 16.8. The molecule has 2 rings (SSSR count). The van der Waals surface area contributed by atoms with Gasteiger partial charge in [0, 0.05) is 6.54 Å². The summed E-state index contributed by atoms with van der Waals surface area (Å²) in [6.45, 7) is 11.6. The van der Waals surface area contributed by atoms with Crippen LogP contribution in [0.25, 0.3) is 0 Å². The molecule has 0 radical (unpaired) electrons. The van der Waals surface area contributed by atoms with E-state index in [1.165, 1.54) is 5.56 Å². The van der Waals surface area contributed by atoms with E-state index in [1.54, 1.807) is 0 Å². The van der Waals surface area contributed by atoms with Gasteiger partial charge >= 0.3 is 0 Å². The maximum Gasteiger partial charge on any atom is 0.257 e. The van der Waals surface area contributed by atoms with Crippen molar-refractivity contribution < 1.29 is 9.53 Å². The molecule has 24 heavy (non-hydrogen) atoms. The highest BCUT2D eigenvalue weighted by Crippen LogP contribution is 2.26. The standard InChI is InChI=1S/C19H30N2O2.ClH/c1-18(2,3)15-5-7-16(8-6-15)23-13-17(22)21-14-19(4)9-11-20-12-10-19;/h5-8,20H,9-14H2,1-4H3,(H,21,22);1H. The van der Waals surface area contributed by atoms with Gasteiger partial charge in [0.15, 0.2) is 6.61 Å². The average molecular weight is 355 g/mol. The number of amides is 1. The molecule has 0 spiro atoms. The first-order chi connectivity index (χ1) is 10.8. The summed E-state index contributed by atoms with van der Waals surface area (Å²) in [6.07, 6.45) is 2.20. The van der Waals surface area contributed by atoms with Crippen molar-refractivity contribution in [3.05, 3.63) is 29.8 Å². The summed E-state index contributed by atoms with van der Waals surface area (Å²) in [6, 6.07) is 7.98. The summed E-state index contributed by atoms with van der Waals surface area (Å²) in [5.41, 5.74) is 1.59. The molecular formula is C19H31ClN2O2. The lowest BCUT2D eigenvalue weighted by Gasteiger charge is -2.34. The molecule has 1 saturated heterocycles. The molecule has 1 heterocycles. The van der Waals surface area contributed by atoms with E-state index in [4.69, 9.17) is 4.74 Å². The van der Waals surface area contributed by atoms with Gasteiger partial charge in [-0.2, -0.15) is 0 Å². The average Bonchev–Trinajstić information content (AvgIpc) is 2.51. The largest absolute Gasteiger partial charge is 0.484 e. The summed E-state index contributed by atoms with van der Waals surface area (Å²) >= 11 is 0. The molecule has 0 saturated carbocycles. The first-order valence-corrected chi connectivity index (χ1v) is 8.49. The maximum atomic E-state index is 12.0. The number of halogens is 1. The highest BCUT2D eigenvalue weighted by molar-refractivity contribution is 5.85. The fourth-order valence-corrected chi connectivity index (χ4v) is 2.77. The number of nitrogens with one attached hydrogen (secondary N) is 2. The summed E-state index contributed by atoms with van der Waals surface area (Å²) in [5, 5.41) is 6.36. The van der Waals surface area contributed by atoms with Crippen LogP contribution < -0.4 is 15.4 Å². The number of rotatable bonds is 5. The first kappa shape index (κ1) is 20.8. The molecule has 1 fully saturated rings. The molecule has 1 aliphatic heterocycles. The zero-order valence-electron chi connectivity index (χ0n) is 15.3. The van der Waals surface area contributed by atoms with Gasteiger partial charge in [0.25, 0.3) is 5.91 Å². The third-order valence-corrected chi connectivity index (χ3v) is 4.61. The molecule has 0 aliphatic carbocycles. The predicted octanol–water partition coefficient (Wildman–Crippen LogP) is 3.29. The third-order valence-electron chi connectivity index (χ3n) is 4.61. The molecule has 1 aliphatic rings. The molecule has 0 bridgehead atoms. The summed E-state index contributed by atoms with van der Waals surface area (Å²) in [7, 11) is 0. The van der Waals surface area contributed by atoms with E-state index in [1.807, 2.05) is 12.1 Å². The van der Waals surface area contributed by atoms with Gasteiger partial charge < -0.3 is 15.4 Å². The fraction of sp³-hybridized carbons (Fsp3) is 0.632. The number of hydrogen-bond acceptors (Lipinski definition) is 3. The Bertz CT molecular complexity index is 517. The quantitative estimate of drug-likeness (QED) is 0.853. The Morgan fingerprint density at radius 2 is 1.79 bits per heavy atom. The fourth-order valence-electron chi connectivity index (χ4n) is 2.77. The Labute approximate surface area is 152 Å². The van der Waals surface area contributed by atoms with Crippen LogP contribution in [0, 0.1) is 5.41 Å². The molecule has 1 aromatic carbocycles. The van der Waals surface area contributed by atoms with Crippen LogP contribution in [0.2, 0.25) is 0 Å². The van der Waals surface area contributed by atoms with Gasteiger partial charge in [0.2, 0.25) is 0 Å². The Kier molecular flexibility index (Phi) is 7.56. The van der Waals surface area contributed by atoms with Gasteiger partial charge in [-0.3, -0.25) is 4.79 Å². The predicted molar refractivity (Wildman–Crippen MR) is 101 cm³/mol. The zero-order chi connectivity index (χ0) is 16.9. The minimum atomic E-state index is -0.0512. The number of ether oxygens (including phenoxy) is 1. The molecule has 5 heteroatoms. The van der Waals surface area contributed by atoms with Crippen LogP contribution in [0.4, 0.5) is 0 Å². The van der Waals surface area contributed by atoms with Crippen molar-refractivity contribution >= 4 is 18.3 Å². The van der Waals surface area contributed by atoms with E-state index in [0.29, 0.717) is 0 Å². The van der Waals surface area contributed by atoms with E-state index >= 15 is 0 Å². The van der Waals surface area contributed by atoms with Gasteiger partial charge in [0.1, 0.15) is 5.75 Å². The number of benzene rings is 1. The van der Waals surface area contributed by atoms with Crippen LogP contribution in [0.15, 0.2) is 24.3 Å². The van der Waals surface area contributed by atoms with Crippen LogP contribution >= 0.6 is 12.4 Å². The van der Waals surface area contributed by atoms with Gasteiger partial charge in [-0.1, -0.05) is 39.8 Å². The van der Waals surface area contributed by atoms with E-state index in [-0.39, 0.29) is 35.8 Å². The number of carbonyl (C=O) groups is 1. The third kappa shape index (κ3) is 6.33. The van der Waals surface area contributed by atoms with Crippen molar-refractivity contribution in [1.29, 1.82) is 0 Å². The first-order valence-electron chi connectivity index (χ1n) is 8.49. The van der Waals surface area contributed by atoms with Crippen LogP contribution in [-0.4, -0.2) is 32.1 Å². The Hall–Kier alpha value is -1.26. The van der Waals surface area contributed by atoms with Crippen molar-refractivity contribution in [1.82, 2.24) is 10.6 Å². The molecule has 0 aromatic heterocycles. The van der Waals surface area contributed by atoms with Crippen molar-refractivity contribution in [3.63, 3.8) is 0 Å². The van der Waals surface area contributed by atoms with Crippen LogP contribution in [0.1, 0.15) is 46.1 Å². The molecular weight excluding hydrogens is 324 g/mol. The minimum absolute atomic E-state index is 0. The van der Waals surface area contributed by atoms with Crippen molar-refractivity contribution in [3.8, 4) is 5.75 Å². The minimum Gasteiger partial charge on any atom is -0.484 e. The molecule has 0 unspecified atom stereocenters. The SMILES string of the molecule is CC1(CNC(=O)COc2ccc(C(C)(C)C)cc2)CCNCC1.Cl. The van der Waals surface area contributed by atoms with Crippen molar-refractivity contribution in [2.75, 3.05) is 26.2 Å². The Morgan fingerprint density at radius 1 is 1.21 bits per heavy atom. The monoisotopic (exact) mass is 354 g/mol. The summed E-state index contributed by atoms with van der Waals surface area (Å²) in [5.74, 6) is 0.686. The zero-order valence-corrected chi connectivity index (χ0v) is 16.1. The lowest BCUT2D eigenvalue weighted by Crippen LogP contribution is -2.43. The molecule has 1 amide bonds. The van der Waals surface area contributed by atoms with Gasteiger partial charge in [-0.15, -0.1) is 12.4 Å². The maximum absolute atomic E-state index is 12.0. The molecule has 136 valence electrons. The molecule has 2 N–H and O–H groups in total. The Morgan fingerprint density at radius 3 is 2.33 bits per heavy atom. The van der Waals surface area contributed by atoms with Crippen molar-refractivity contribution in [2.45, 2.75) is 46.0 Å². The smallest absolute Gasteiger partial charge is 0.257 e. The van der Waals surface area contributed by atoms with Crippen LogP contribution in [0.5, 0.6) is 5.75 Å².